The summed E-state index contributed by atoms with van der Waals surface area (Å²) in [5.41, 5.74) is 6.82. The fourth-order valence-corrected chi connectivity index (χ4v) is 17.4. The quantitative estimate of drug-likeness (QED) is 0.249. The summed E-state index contributed by atoms with van der Waals surface area (Å²) in [7, 11) is -3.66. The van der Waals surface area contributed by atoms with E-state index >= 15 is 0 Å². The van der Waals surface area contributed by atoms with Crippen molar-refractivity contribution in [3.8, 4) is 0 Å². The average Bonchev–Trinajstić information content (AvgIpc) is 2.82. The molecule has 0 saturated heterocycles. The van der Waals surface area contributed by atoms with E-state index in [-0.39, 0.29) is 0 Å². The van der Waals surface area contributed by atoms with E-state index in [0.717, 1.165) is 0 Å². The van der Waals surface area contributed by atoms with Gasteiger partial charge in [0, 0.05) is 11.1 Å². The minimum Gasteiger partial charge on any atom is -0.0705 e. The van der Waals surface area contributed by atoms with Gasteiger partial charge in [0.15, 0.2) is 0 Å². The minimum absolute atomic E-state index is 0.474. The predicted octanol–water partition coefficient (Wildman–Crippen LogP) is 8.22. The van der Waals surface area contributed by atoms with Crippen LogP contribution in [0.15, 0.2) is 121 Å². The smallest absolute Gasteiger partial charge is 0.0556 e. The number of hydrogen-bond acceptors (Lipinski definition) is 0. The summed E-state index contributed by atoms with van der Waals surface area (Å²) < 4.78 is 0. The van der Waals surface area contributed by atoms with E-state index in [0.29, 0.717) is 11.1 Å². The molecule has 0 N–H and O–H groups in total. The van der Waals surface area contributed by atoms with Gasteiger partial charge in [-0.3, -0.25) is 0 Å². The summed E-state index contributed by atoms with van der Waals surface area (Å²) in [6.07, 6.45) is 0. The maximum atomic E-state index is 2.66. The Bertz CT molecular complexity index is 933. The van der Waals surface area contributed by atoms with E-state index in [1.54, 1.807) is 0 Å². The highest BCUT2D eigenvalue weighted by Gasteiger charge is 2.52. The molecule has 4 rings (SSSR count). The highest BCUT2D eigenvalue weighted by Crippen LogP contribution is 2.46. The molecule has 0 fully saturated rings. The molecule has 4 aromatic carbocycles. The summed E-state index contributed by atoms with van der Waals surface area (Å²) >= 11 is 0. The van der Waals surface area contributed by atoms with Gasteiger partial charge in [0.2, 0.25) is 0 Å². The molecule has 0 amide bonds. The molecule has 0 saturated carbocycles. The largest absolute Gasteiger partial charge is 0.0705 e. The fourth-order valence-electron chi connectivity index (χ4n) is 5.38. The van der Waals surface area contributed by atoms with E-state index in [9.17, 15) is 0 Å². The van der Waals surface area contributed by atoms with Crippen LogP contribution in [0.1, 0.15) is 33.3 Å². The Morgan fingerprint density at radius 1 is 0.344 bits per heavy atom. The first kappa shape index (κ1) is 22.5. The SMILES string of the molecule is C[Si](C)(C(c1ccccc1)c1ccccc1)[Si](C)(C)C(c1ccccc1)c1ccccc1. The van der Waals surface area contributed by atoms with Gasteiger partial charge in [-0.2, -0.15) is 0 Å². The number of hydrogen-bond donors (Lipinski definition) is 0. The first-order chi connectivity index (χ1) is 15.4. The van der Waals surface area contributed by atoms with Crippen LogP contribution in [0.4, 0.5) is 0 Å². The maximum absolute atomic E-state index is 2.66. The summed E-state index contributed by atoms with van der Waals surface area (Å²) in [4.78, 5) is 0. The molecular formula is C30H34Si2. The Kier molecular flexibility index (Phi) is 6.64. The van der Waals surface area contributed by atoms with Crippen molar-refractivity contribution in [3.63, 3.8) is 0 Å². The van der Waals surface area contributed by atoms with E-state index in [4.69, 9.17) is 0 Å². The van der Waals surface area contributed by atoms with Gasteiger partial charge in [-0.15, -0.1) is 0 Å². The van der Waals surface area contributed by atoms with Gasteiger partial charge in [0.25, 0.3) is 0 Å². The molecule has 0 radical (unpaired) electrons. The molecule has 2 heteroatoms. The molecule has 4 aromatic rings. The summed E-state index contributed by atoms with van der Waals surface area (Å²) in [6, 6.07) is 44.9. The van der Waals surface area contributed by atoms with Crippen molar-refractivity contribution in [3.05, 3.63) is 144 Å². The van der Waals surface area contributed by atoms with E-state index < -0.39 is 15.2 Å². The lowest BCUT2D eigenvalue weighted by Gasteiger charge is -2.49. The molecule has 0 unspecified atom stereocenters. The van der Waals surface area contributed by atoms with Gasteiger partial charge in [-0.1, -0.05) is 148 Å². The molecule has 0 atom stereocenters. The van der Waals surface area contributed by atoms with Gasteiger partial charge >= 0.3 is 0 Å². The third-order valence-corrected chi connectivity index (χ3v) is 26.9. The lowest BCUT2D eigenvalue weighted by molar-refractivity contribution is 1.05. The second-order valence-corrected chi connectivity index (χ2v) is 25.7. The van der Waals surface area contributed by atoms with E-state index in [1.807, 2.05) is 0 Å². The standard InChI is InChI=1S/C30H34Si2/c1-31(2,29(25-17-9-5-10-18-25)26-19-11-6-12-20-26)32(3,4)30(27-21-13-7-14-22-27)28-23-15-8-16-24-28/h5-24,29-30H,1-4H3. The molecule has 0 aromatic heterocycles. The van der Waals surface area contributed by atoms with Crippen LogP contribution in [0, 0.1) is 0 Å². The van der Waals surface area contributed by atoms with Crippen molar-refractivity contribution in [2.45, 2.75) is 37.3 Å². The van der Waals surface area contributed by atoms with Crippen molar-refractivity contribution in [1.82, 2.24) is 0 Å². The molecule has 0 nitrogen and oxygen atoms in total. The highest BCUT2D eigenvalue weighted by atomic mass is 29.3. The molecule has 0 bridgehead atoms. The lowest BCUT2D eigenvalue weighted by Crippen LogP contribution is -2.62. The van der Waals surface area contributed by atoms with E-state index in [2.05, 4.69) is 148 Å². The number of benzene rings is 4. The van der Waals surface area contributed by atoms with Gasteiger partial charge in [-0.05, 0) is 22.3 Å². The van der Waals surface area contributed by atoms with Crippen LogP contribution in [0.5, 0.6) is 0 Å². The van der Waals surface area contributed by atoms with Crippen molar-refractivity contribution in [2.24, 2.45) is 0 Å². The maximum Gasteiger partial charge on any atom is 0.0556 e. The molecule has 0 spiro atoms. The molecule has 162 valence electrons. The van der Waals surface area contributed by atoms with Crippen LogP contribution in [0.2, 0.25) is 26.2 Å². The molecule has 0 aliphatic carbocycles. The Balaban J connectivity index is 1.90. The van der Waals surface area contributed by atoms with Gasteiger partial charge in [-0.25, -0.2) is 0 Å². The van der Waals surface area contributed by atoms with E-state index in [1.165, 1.54) is 22.3 Å². The van der Waals surface area contributed by atoms with Crippen molar-refractivity contribution in [2.75, 3.05) is 0 Å². The zero-order chi connectivity index (χ0) is 22.6. The Morgan fingerprint density at radius 2 is 0.531 bits per heavy atom. The summed E-state index contributed by atoms with van der Waals surface area (Å²) in [6.45, 7) is 10.6. The third kappa shape index (κ3) is 4.30. The Labute approximate surface area is 195 Å². The van der Waals surface area contributed by atoms with Crippen LogP contribution < -0.4 is 0 Å². The van der Waals surface area contributed by atoms with Crippen molar-refractivity contribution >= 4 is 15.2 Å². The van der Waals surface area contributed by atoms with Crippen LogP contribution in [0.3, 0.4) is 0 Å². The minimum atomic E-state index is -1.83. The van der Waals surface area contributed by atoms with Crippen LogP contribution >= 0.6 is 0 Å². The summed E-state index contributed by atoms with van der Waals surface area (Å²) in [5.74, 6) is 0. The molecule has 0 aliphatic rings. The first-order valence-electron chi connectivity index (χ1n) is 11.6. The topological polar surface area (TPSA) is 0 Å². The zero-order valence-corrected chi connectivity index (χ0v) is 21.7. The Morgan fingerprint density at radius 3 is 0.719 bits per heavy atom. The molecular weight excluding hydrogens is 417 g/mol. The monoisotopic (exact) mass is 450 g/mol. The van der Waals surface area contributed by atoms with Gasteiger partial charge in [0.1, 0.15) is 0 Å². The third-order valence-electron chi connectivity index (χ3n) is 7.64. The molecule has 0 heterocycles. The van der Waals surface area contributed by atoms with Gasteiger partial charge in [0.05, 0.1) is 15.2 Å². The Hall–Kier alpha value is -2.69. The van der Waals surface area contributed by atoms with Crippen molar-refractivity contribution in [1.29, 1.82) is 0 Å². The van der Waals surface area contributed by atoms with Crippen LogP contribution in [-0.4, -0.2) is 15.2 Å². The lowest BCUT2D eigenvalue weighted by atomic mass is 10.0. The van der Waals surface area contributed by atoms with Crippen molar-refractivity contribution < 1.29 is 0 Å². The average molecular weight is 451 g/mol. The second kappa shape index (κ2) is 9.44. The van der Waals surface area contributed by atoms with Crippen LogP contribution in [0.25, 0.3) is 0 Å². The fraction of sp³-hybridized carbons (Fsp3) is 0.200. The zero-order valence-electron chi connectivity index (χ0n) is 19.7. The first-order valence-corrected chi connectivity index (χ1v) is 18.8. The predicted molar refractivity (Wildman–Crippen MR) is 144 cm³/mol. The molecule has 0 aliphatic heterocycles. The summed E-state index contributed by atoms with van der Waals surface area (Å²) in [5, 5.41) is 0. The van der Waals surface area contributed by atoms with Gasteiger partial charge < -0.3 is 0 Å². The molecule has 32 heavy (non-hydrogen) atoms. The normalized spacial score (nSPS) is 12.3. The number of rotatable bonds is 7. The second-order valence-electron chi connectivity index (χ2n) is 9.95. The van der Waals surface area contributed by atoms with Crippen LogP contribution in [-0.2, 0) is 0 Å². The highest BCUT2D eigenvalue weighted by molar-refractivity contribution is 7.42.